The average molecular weight is 624 g/mol. The topological polar surface area (TPSA) is 12.4 Å². The Bertz CT molecular complexity index is 2030. The van der Waals surface area contributed by atoms with Gasteiger partial charge in [0.25, 0.3) is 0 Å². The summed E-state index contributed by atoms with van der Waals surface area (Å²) in [6.07, 6.45) is 3.68. The predicted molar refractivity (Wildman–Crippen MR) is 209 cm³/mol. The van der Waals surface area contributed by atoms with Gasteiger partial charge >= 0.3 is 0 Å². The van der Waals surface area contributed by atoms with E-state index in [9.17, 15) is 0 Å². The average Bonchev–Trinajstić information content (AvgIpc) is 3.50. The van der Waals surface area contributed by atoms with Gasteiger partial charge in [0.2, 0.25) is 0 Å². The third-order valence-electron chi connectivity index (χ3n) is 8.59. The van der Waals surface area contributed by atoms with Crippen LogP contribution in [-0.2, 0) is 12.8 Å². The quantitative estimate of drug-likeness (QED) is 0.129. The third kappa shape index (κ3) is 8.24. The summed E-state index contributed by atoms with van der Waals surface area (Å²) in [5, 5.41) is 0. The summed E-state index contributed by atoms with van der Waals surface area (Å²) in [4.78, 5) is 4.95. The van der Waals surface area contributed by atoms with E-state index in [4.69, 9.17) is 4.99 Å². The van der Waals surface area contributed by atoms with Crippen LogP contribution in [0.5, 0.6) is 0 Å². The summed E-state index contributed by atoms with van der Waals surface area (Å²) in [6, 6.07) is 51.3. The van der Waals surface area contributed by atoms with Gasteiger partial charge in [-0.05, 0) is 108 Å². The maximum absolute atomic E-state index is 4.95. The Labute approximate surface area is 287 Å². The Kier molecular flexibility index (Phi) is 11.5. The third-order valence-corrected chi connectivity index (χ3v) is 8.59. The van der Waals surface area contributed by atoms with Crippen molar-refractivity contribution in [3.63, 3.8) is 0 Å². The van der Waals surface area contributed by atoms with Crippen LogP contribution in [0, 0.1) is 6.92 Å². The summed E-state index contributed by atoms with van der Waals surface area (Å²) < 4.78 is 0. The molecule has 238 valence electrons. The lowest BCUT2D eigenvalue weighted by Gasteiger charge is -2.12. The molecule has 1 aliphatic rings. The lowest BCUT2D eigenvalue weighted by Crippen LogP contribution is -1.96. The zero-order valence-corrected chi connectivity index (χ0v) is 28.7. The van der Waals surface area contributed by atoms with Crippen LogP contribution in [-0.4, -0.2) is 5.71 Å². The molecule has 0 N–H and O–H groups in total. The predicted octanol–water partition coefficient (Wildman–Crippen LogP) is 12.9. The Morgan fingerprint density at radius 1 is 0.667 bits per heavy atom. The van der Waals surface area contributed by atoms with Crippen LogP contribution in [0.25, 0.3) is 27.8 Å². The summed E-state index contributed by atoms with van der Waals surface area (Å²) in [5.74, 6) is 0. The minimum absolute atomic E-state index is 0.869. The minimum atomic E-state index is 0.869. The number of aliphatic imine (C=N–C) groups is 1. The smallest absolute Gasteiger partial charge is 0.0668 e. The summed E-state index contributed by atoms with van der Waals surface area (Å²) in [5.41, 5.74) is 17.7. The minimum Gasteiger partial charge on any atom is -0.253 e. The first-order chi connectivity index (χ1) is 23.4. The van der Waals surface area contributed by atoms with Crippen molar-refractivity contribution < 1.29 is 0 Å². The molecule has 0 saturated heterocycles. The Hall–Kier alpha value is -5.53. The first kappa shape index (κ1) is 33.8. The molecule has 6 aromatic carbocycles. The van der Waals surface area contributed by atoms with Crippen LogP contribution in [0.15, 0.2) is 170 Å². The van der Waals surface area contributed by atoms with Gasteiger partial charge in [-0.1, -0.05) is 158 Å². The van der Waals surface area contributed by atoms with Crippen molar-refractivity contribution in [3.8, 4) is 22.3 Å². The van der Waals surface area contributed by atoms with Gasteiger partial charge in [-0.2, -0.15) is 0 Å². The van der Waals surface area contributed by atoms with Crippen LogP contribution in [0.4, 0.5) is 5.69 Å². The number of hydrogen-bond donors (Lipinski definition) is 0. The molecule has 0 aliphatic heterocycles. The van der Waals surface area contributed by atoms with Gasteiger partial charge < -0.3 is 0 Å². The van der Waals surface area contributed by atoms with Gasteiger partial charge in [0.05, 0.1) is 5.69 Å². The molecule has 0 bridgehead atoms. The SMILES string of the molecule is C=C(C)c1cccc2c1-c1ccccc1C2.C=CC.CC(=Nc1ccccc1Cc1cc(-c2ccccc2)ccc1C)c1ccccc1. The number of hydrogen-bond acceptors (Lipinski definition) is 1. The number of fused-ring (bicyclic) bond motifs is 3. The van der Waals surface area contributed by atoms with Crippen LogP contribution >= 0.6 is 0 Å². The van der Waals surface area contributed by atoms with Gasteiger partial charge in [0.15, 0.2) is 0 Å². The standard InChI is InChI=1S/C28H25N.C16H14.C3H6/c1-21-17-18-25(24-13-7-4-8-14-24)19-27(21)20-26-15-9-10-16-28(26)29-22(2)23-11-5-3-6-12-23;1-11(2)14-9-5-7-13-10-12-6-3-4-8-15(12)16(13)14;1-3-2/h3-19H,20H2,1-2H3;3-9H,1,10H2,2H3;3H,1H2,2H3. The van der Waals surface area contributed by atoms with Crippen molar-refractivity contribution in [2.75, 3.05) is 0 Å². The first-order valence-electron chi connectivity index (χ1n) is 16.7. The highest BCUT2D eigenvalue weighted by Crippen LogP contribution is 2.40. The normalized spacial score (nSPS) is 11.2. The van der Waals surface area contributed by atoms with Crippen LogP contribution in [0.3, 0.4) is 0 Å². The maximum atomic E-state index is 4.95. The summed E-state index contributed by atoms with van der Waals surface area (Å²) in [7, 11) is 0. The van der Waals surface area contributed by atoms with E-state index in [0.717, 1.165) is 35.4 Å². The van der Waals surface area contributed by atoms with Crippen LogP contribution in [0.1, 0.15) is 59.7 Å². The molecule has 48 heavy (non-hydrogen) atoms. The number of para-hydroxylation sites is 1. The van der Waals surface area contributed by atoms with E-state index in [1.165, 1.54) is 55.6 Å². The highest BCUT2D eigenvalue weighted by molar-refractivity contribution is 6.00. The van der Waals surface area contributed by atoms with Crippen molar-refractivity contribution in [1.82, 2.24) is 0 Å². The number of benzene rings is 6. The molecule has 1 nitrogen and oxygen atoms in total. The molecule has 0 fully saturated rings. The van der Waals surface area contributed by atoms with Gasteiger partial charge in [-0.15, -0.1) is 6.58 Å². The lowest BCUT2D eigenvalue weighted by atomic mass is 9.95. The summed E-state index contributed by atoms with van der Waals surface area (Å²) in [6.45, 7) is 15.7. The second-order valence-electron chi connectivity index (χ2n) is 12.2. The van der Waals surface area contributed by atoms with E-state index in [-0.39, 0.29) is 0 Å². The molecule has 0 atom stereocenters. The highest BCUT2D eigenvalue weighted by atomic mass is 14.7. The molecule has 7 rings (SSSR count). The Morgan fingerprint density at radius 3 is 2.02 bits per heavy atom. The Morgan fingerprint density at radius 2 is 1.29 bits per heavy atom. The molecule has 0 saturated carbocycles. The van der Waals surface area contributed by atoms with E-state index >= 15 is 0 Å². The van der Waals surface area contributed by atoms with Crippen molar-refractivity contribution in [2.45, 2.75) is 40.5 Å². The molecule has 0 spiro atoms. The van der Waals surface area contributed by atoms with E-state index in [1.54, 1.807) is 6.08 Å². The Balaban J connectivity index is 0.000000199. The lowest BCUT2D eigenvalue weighted by molar-refractivity contribution is 1.15. The fourth-order valence-corrected chi connectivity index (χ4v) is 6.12. The van der Waals surface area contributed by atoms with E-state index < -0.39 is 0 Å². The van der Waals surface area contributed by atoms with E-state index in [0.29, 0.717) is 0 Å². The van der Waals surface area contributed by atoms with E-state index in [1.807, 2.05) is 13.0 Å². The molecular weight excluding hydrogens is 579 g/mol. The second-order valence-corrected chi connectivity index (χ2v) is 12.2. The zero-order valence-electron chi connectivity index (χ0n) is 28.7. The molecule has 0 heterocycles. The van der Waals surface area contributed by atoms with Crippen molar-refractivity contribution in [2.24, 2.45) is 4.99 Å². The van der Waals surface area contributed by atoms with Crippen LogP contribution < -0.4 is 0 Å². The fourth-order valence-electron chi connectivity index (χ4n) is 6.12. The molecule has 1 heteroatoms. The van der Waals surface area contributed by atoms with Gasteiger partial charge in [0.1, 0.15) is 0 Å². The molecule has 6 aromatic rings. The largest absolute Gasteiger partial charge is 0.253 e. The highest BCUT2D eigenvalue weighted by Gasteiger charge is 2.20. The molecular formula is C47H45N. The zero-order chi connectivity index (χ0) is 33.9. The number of rotatable bonds is 6. The molecule has 0 radical (unpaired) electrons. The van der Waals surface area contributed by atoms with Crippen LogP contribution in [0.2, 0.25) is 0 Å². The van der Waals surface area contributed by atoms with Gasteiger partial charge in [0, 0.05) is 5.71 Å². The van der Waals surface area contributed by atoms with Gasteiger partial charge in [-0.3, -0.25) is 4.99 Å². The fraction of sp³-hybridized carbons (Fsp3) is 0.128. The van der Waals surface area contributed by atoms with Crippen molar-refractivity contribution in [3.05, 3.63) is 204 Å². The number of aryl methyl sites for hydroxylation is 1. The molecule has 0 amide bonds. The van der Waals surface area contributed by atoms with E-state index in [2.05, 4.69) is 173 Å². The molecule has 1 aliphatic carbocycles. The van der Waals surface area contributed by atoms with Crippen molar-refractivity contribution >= 4 is 17.0 Å². The summed E-state index contributed by atoms with van der Waals surface area (Å²) >= 11 is 0. The monoisotopic (exact) mass is 623 g/mol. The molecule has 0 unspecified atom stereocenters. The van der Waals surface area contributed by atoms with Gasteiger partial charge in [-0.25, -0.2) is 0 Å². The maximum Gasteiger partial charge on any atom is 0.0668 e. The first-order valence-corrected chi connectivity index (χ1v) is 16.7. The molecule has 0 aromatic heterocycles. The second kappa shape index (κ2) is 16.3. The van der Waals surface area contributed by atoms with Crippen molar-refractivity contribution in [1.29, 1.82) is 0 Å². The number of allylic oxidation sites excluding steroid dienone is 2. The number of nitrogens with zero attached hydrogens (tertiary/aromatic N) is 1.